The number of hydrogen-bond donors (Lipinski definition) is 1. The lowest BCUT2D eigenvalue weighted by Gasteiger charge is -2.25. The SMILES string of the molecule is CC1(NC(=O)c2cc(F)cc(S(=O)(=O)Cl)c2)CCCC1. The molecule has 0 aromatic heterocycles. The number of halogens is 2. The van der Waals surface area contributed by atoms with E-state index in [1.54, 1.807) is 0 Å². The van der Waals surface area contributed by atoms with Gasteiger partial charge in [0, 0.05) is 21.8 Å². The third-order valence-electron chi connectivity index (χ3n) is 3.54. The Hall–Kier alpha value is -1.14. The molecular formula is C13H15ClFNO3S. The maximum absolute atomic E-state index is 13.4. The summed E-state index contributed by atoms with van der Waals surface area (Å²) in [4.78, 5) is 11.7. The fraction of sp³-hybridized carbons (Fsp3) is 0.462. The molecule has 1 saturated carbocycles. The Balaban J connectivity index is 2.28. The van der Waals surface area contributed by atoms with Crippen LogP contribution in [0.15, 0.2) is 23.1 Å². The van der Waals surface area contributed by atoms with E-state index in [-0.39, 0.29) is 11.1 Å². The Morgan fingerprint density at radius 2 is 1.90 bits per heavy atom. The summed E-state index contributed by atoms with van der Waals surface area (Å²) in [6.45, 7) is 1.93. The highest BCUT2D eigenvalue weighted by atomic mass is 35.7. The molecule has 0 atom stereocenters. The average molecular weight is 320 g/mol. The quantitative estimate of drug-likeness (QED) is 0.871. The van der Waals surface area contributed by atoms with E-state index in [0.29, 0.717) is 0 Å². The average Bonchev–Trinajstić information content (AvgIpc) is 2.73. The lowest BCUT2D eigenvalue weighted by molar-refractivity contribution is 0.0907. The van der Waals surface area contributed by atoms with Crippen molar-refractivity contribution >= 4 is 25.6 Å². The van der Waals surface area contributed by atoms with Gasteiger partial charge in [0.2, 0.25) is 0 Å². The van der Waals surface area contributed by atoms with Gasteiger partial charge in [-0.2, -0.15) is 0 Å². The van der Waals surface area contributed by atoms with E-state index in [2.05, 4.69) is 5.32 Å². The first kappa shape index (κ1) is 15.3. The van der Waals surface area contributed by atoms with Crippen molar-refractivity contribution in [1.82, 2.24) is 5.32 Å². The van der Waals surface area contributed by atoms with Crippen LogP contribution in [0.1, 0.15) is 43.0 Å². The summed E-state index contributed by atoms with van der Waals surface area (Å²) in [7, 11) is 1.11. The predicted octanol–water partition coefficient (Wildman–Crippen LogP) is 2.82. The molecule has 4 nitrogen and oxygen atoms in total. The van der Waals surface area contributed by atoms with Gasteiger partial charge < -0.3 is 5.32 Å². The van der Waals surface area contributed by atoms with E-state index in [1.165, 1.54) is 0 Å². The molecule has 1 aromatic rings. The molecule has 0 spiro atoms. The smallest absolute Gasteiger partial charge is 0.261 e. The minimum Gasteiger partial charge on any atom is -0.347 e. The molecule has 1 fully saturated rings. The van der Waals surface area contributed by atoms with Gasteiger partial charge in [-0.15, -0.1) is 0 Å². The van der Waals surface area contributed by atoms with Gasteiger partial charge in [0.05, 0.1) is 4.90 Å². The molecule has 20 heavy (non-hydrogen) atoms. The summed E-state index contributed by atoms with van der Waals surface area (Å²) in [6, 6.07) is 2.87. The minimum absolute atomic E-state index is 0.0441. The summed E-state index contributed by atoms with van der Waals surface area (Å²) in [5.41, 5.74) is -0.360. The van der Waals surface area contributed by atoms with Crippen LogP contribution in [-0.2, 0) is 9.05 Å². The molecule has 0 heterocycles. The third kappa shape index (κ3) is 3.49. The van der Waals surface area contributed by atoms with E-state index >= 15 is 0 Å². The fourth-order valence-corrected chi connectivity index (χ4v) is 3.25. The second-order valence-electron chi connectivity index (χ2n) is 5.34. The van der Waals surface area contributed by atoms with Gasteiger partial charge >= 0.3 is 0 Å². The Morgan fingerprint density at radius 3 is 2.45 bits per heavy atom. The van der Waals surface area contributed by atoms with Crippen LogP contribution in [-0.4, -0.2) is 19.9 Å². The summed E-state index contributed by atoms with van der Waals surface area (Å²) in [6.07, 6.45) is 3.77. The van der Waals surface area contributed by atoms with Crippen molar-refractivity contribution < 1.29 is 17.6 Å². The summed E-state index contributed by atoms with van der Waals surface area (Å²) in [5.74, 6) is -1.30. The zero-order valence-corrected chi connectivity index (χ0v) is 12.5. The summed E-state index contributed by atoms with van der Waals surface area (Å²) >= 11 is 0. The van der Waals surface area contributed by atoms with E-state index in [1.807, 2.05) is 6.92 Å². The topological polar surface area (TPSA) is 63.2 Å². The molecule has 1 aliphatic rings. The van der Waals surface area contributed by atoms with Gasteiger partial charge in [0.15, 0.2) is 0 Å². The highest BCUT2D eigenvalue weighted by Crippen LogP contribution is 2.29. The molecule has 1 amide bonds. The van der Waals surface area contributed by atoms with Crippen LogP contribution < -0.4 is 5.32 Å². The third-order valence-corrected chi connectivity index (χ3v) is 4.87. The van der Waals surface area contributed by atoms with Crippen molar-refractivity contribution in [1.29, 1.82) is 0 Å². The first-order valence-electron chi connectivity index (χ1n) is 6.27. The van der Waals surface area contributed by atoms with Gasteiger partial charge in [-0.1, -0.05) is 12.8 Å². The van der Waals surface area contributed by atoms with Crippen LogP contribution in [0, 0.1) is 5.82 Å². The molecule has 110 valence electrons. The van der Waals surface area contributed by atoms with Crippen molar-refractivity contribution in [3.8, 4) is 0 Å². The van der Waals surface area contributed by atoms with E-state index < -0.39 is 25.7 Å². The lowest BCUT2D eigenvalue weighted by Crippen LogP contribution is -2.43. The van der Waals surface area contributed by atoms with Crippen LogP contribution in [0.25, 0.3) is 0 Å². The van der Waals surface area contributed by atoms with E-state index in [4.69, 9.17) is 10.7 Å². The maximum atomic E-state index is 13.4. The minimum atomic E-state index is -4.07. The molecule has 0 bridgehead atoms. The predicted molar refractivity (Wildman–Crippen MR) is 73.8 cm³/mol. The van der Waals surface area contributed by atoms with Crippen LogP contribution in [0.2, 0.25) is 0 Å². The monoisotopic (exact) mass is 319 g/mol. The van der Waals surface area contributed by atoms with Crippen molar-refractivity contribution in [2.45, 2.75) is 43.0 Å². The highest BCUT2D eigenvalue weighted by molar-refractivity contribution is 8.13. The number of carbonyl (C=O) groups excluding carboxylic acids is 1. The number of rotatable bonds is 3. The van der Waals surface area contributed by atoms with Crippen LogP contribution >= 0.6 is 10.7 Å². The second kappa shape index (κ2) is 5.33. The van der Waals surface area contributed by atoms with Gasteiger partial charge in [-0.25, -0.2) is 12.8 Å². The second-order valence-corrected chi connectivity index (χ2v) is 7.90. The Labute approximate surface area is 121 Å². The zero-order valence-electron chi connectivity index (χ0n) is 10.9. The molecule has 1 aliphatic carbocycles. The lowest BCUT2D eigenvalue weighted by atomic mass is 10.00. The van der Waals surface area contributed by atoms with Crippen LogP contribution in [0.5, 0.6) is 0 Å². The van der Waals surface area contributed by atoms with Crippen LogP contribution in [0.3, 0.4) is 0 Å². The molecular weight excluding hydrogens is 305 g/mol. The largest absolute Gasteiger partial charge is 0.347 e. The van der Waals surface area contributed by atoms with Gasteiger partial charge in [0.1, 0.15) is 5.82 Å². The molecule has 1 N–H and O–H groups in total. The van der Waals surface area contributed by atoms with Crippen molar-refractivity contribution in [2.75, 3.05) is 0 Å². The Morgan fingerprint density at radius 1 is 1.30 bits per heavy atom. The molecule has 7 heteroatoms. The molecule has 1 aromatic carbocycles. The Bertz CT molecular complexity index is 639. The van der Waals surface area contributed by atoms with Gasteiger partial charge in [0.25, 0.3) is 15.0 Å². The number of amides is 1. The normalized spacial score (nSPS) is 17.9. The Kier molecular flexibility index (Phi) is 4.07. The van der Waals surface area contributed by atoms with Gasteiger partial charge in [-0.05, 0) is 38.0 Å². The van der Waals surface area contributed by atoms with Gasteiger partial charge in [-0.3, -0.25) is 4.79 Å². The van der Waals surface area contributed by atoms with Crippen molar-refractivity contribution in [3.05, 3.63) is 29.6 Å². The number of benzene rings is 1. The van der Waals surface area contributed by atoms with Crippen LogP contribution in [0.4, 0.5) is 4.39 Å². The summed E-state index contributed by atoms with van der Waals surface area (Å²) in [5, 5.41) is 2.83. The van der Waals surface area contributed by atoms with Crippen molar-refractivity contribution in [2.24, 2.45) is 0 Å². The molecule has 0 aliphatic heterocycles. The number of nitrogens with one attached hydrogen (secondary N) is 1. The van der Waals surface area contributed by atoms with E-state index in [9.17, 15) is 17.6 Å². The fourth-order valence-electron chi connectivity index (χ4n) is 2.46. The molecule has 0 saturated heterocycles. The molecule has 0 unspecified atom stereocenters. The molecule has 0 radical (unpaired) electrons. The first-order valence-corrected chi connectivity index (χ1v) is 8.58. The van der Waals surface area contributed by atoms with E-state index in [0.717, 1.165) is 43.9 Å². The van der Waals surface area contributed by atoms with Crippen molar-refractivity contribution in [3.63, 3.8) is 0 Å². The first-order chi connectivity index (χ1) is 9.20. The maximum Gasteiger partial charge on any atom is 0.261 e. The number of carbonyl (C=O) groups is 1. The standard InChI is InChI=1S/C13H15ClFNO3S/c1-13(4-2-3-5-13)16-12(17)9-6-10(15)8-11(7-9)20(14,18)19/h6-8H,2-5H2,1H3,(H,16,17). The number of hydrogen-bond acceptors (Lipinski definition) is 3. The molecule has 2 rings (SSSR count). The summed E-state index contributed by atoms with van der Waals surface area (Å²) < 4.78 is 35.9. The highest BCUT2D eigenvalue weighted by Gasteiger charge is 2.30. The zero-order chi connectivity index (χ0) is 15.0.